The summed E-state index contributed by atoms with van der Waals surface area (Å²) in [6.45, 7) is 1.54. The number of ether oxygens (including phenoxy) is 1. The molecule has 0 aromatic heterocycles. The molecule has 0 unspecified atom stereocenters. The lowest BCUT2D eigenvalue weighted by atomic mass is 9.77. The van der Waals surface area contributed by atoms with Crippen LogP contribution in [0.5, 0.6) is 0 Å². The van der Waals surface area contributed by atoms with Gasteiger partial charge in [0.05, 0.1) is 30.2 Å². The molecule has 1 N–H and O–H groups in total. The molecule has 1 aromatic carbocycles. The lowest BCUT2D eigenvalue weighted by Crippen LogP contribution is -2.43. The number of hydrogen-bond donors (Lipinski definition) is 1. The van der Waals surface area contributed by atoms with E-state index in [1.54, 1.807) is 30.4 Å². The molecule has 5 nitrogen and oxygen atoms in total. The van der Waals surface area contributed by atoms with Crippen molar-refractivity contribution in [2.24, 2.45) is 11.8 Å². The number of hydrogen-bond acceptors (Lipinski definition) is 4. The monoisotopic (exact) mass is 319 g/mol. The lowest BCUT2D eigenvalue weighted by molar-refractivity contribution is -0.128. The van der Waals surface area contributed by atoms with Gasteiger partial charge in [0.25, 0.3) is 0 Å². The smallest absolute Gasteiger partial charge is 0.241 e. The molecule has 3 aliphatic heterocycles. The number of fused-ring (bicyclic) bond motifs is 5. The molecule has 4 atom stereocenters. The average Bonchev–Trinajstić information content (AvgIpc) is 3.14. The van der Waals surface area contributed by atoms with E-state index in [1.807, 2.05) is 6.92 Å². The minimum absolute atomic E-state index is 0.292. The first-order valence-electron chi connectivity index (χ1n) is 7.10. The van der Waals surface area contributed by atoms with Gasteiger partial charge in [-0.05, 0) is 24.6 Å². The zero-order valence-electron chi connectivity index (χ0n) is 11.8. The Hall–Kier alpha value is -1.69. The summed E-state index contributed by atoms with van der Waals surface area (Å²) in [5, 5.41) is 10.2. The molecule has 1 aromatic rings. The van der Waals surface area contributed by atoms with Gasteiger partial charge < -0.3 is 9.84 Å². The zero-order valence-corrected chi connectivity index (χ0v) is 12.6. The maximum atomic E-state index is 12.8. The van der Waals surface area contributed by atoms with Crippen molar-refractivity contribution in [3.63, 3.8) is 0 Å². The maximum Gasteiger partial charge on any atom is 0.241 e. The van der Waals surface area contributed by atoms with Crippen LogP contribution in [0.2, 0.25) is 5.02 Å². The van der Waals surface area contributed by atoms with Gasteiger partial charge in [-0.2, -0.15) is 0 Å². The normalized spacial score (nSPS) is 35.6. The van der Waals surface area contributed by atoms with E-state index in [2.05, 4.69) is 0 Å². The Morgan fingerprint density at radius 3 is 2.82 bits per heavy atom. The van der Waals surface area contributed by atoms with Gasteiger partial charge in [-0.15, -0.1) is 0 Å². The van der Waals surface area contributed by atoms with Crippen LogP contribution in [0.3, 0.4) is 0 Å². The van der Waals surface area contributed by atoms with E-state index < -0.39 is 23.5 Å². The quantitative estimate of drug-likeness (QED) is 0.662. The molecule has 2 bridgehead atoms. The van der Waals surface area contributed by atoms with Gasteiger partial charge in [0, 0.05) is 5.02 Å². The Bertz CT molecular complexity index is 731. The number of halogens is 1. The predicted molar refractivity (Wildman–Crippen MR) is 79.5 cm³/mol. The molecule has 0 radical (unpaired) electrons. The molecular formula is C16H14ClNO4. The van der Waals surface area contributed by atoms with Gasteiger partial charge in [0.1, 0.15) is 5.60 Å². The third-order valence-corrected chi connectivity index (χ3v) is 5.22. The summed E-state index contributed by atoms with van der Waals surface area (Å²) in [6.07, 6.45) is 3.02. The summed E-state index contributed by atoms with van der Waals surface area (Å²) >= 11 is 6.11. The first-order chi connectivity index (χ1) is 10.5. The molecule has 2 saturated heterocycles. The van der Waals surface area contributed by atoms with E-state index in [4.69, 9.17) is 16.3 Å². The lowest BCUT2D eigenvalue weighted by Gasteiger charge is -2.26. The van der Waals surface area contributed by atoms with Crippen LogP contribution in [0.15, 0.2) is 30.4 Å². The Morgan fingerprint density at radius 2 is 2.14 bits per heavy atom. The van der Waals surface area contributed by atoms with Crippen molar-refractivity contribution in [2.45, 2.75) is 18.6 Å². The van der Waals surface area contributed by atoms with Crippen molar-refractivity contribution in [1.29, 1.82) is 0 Å². The fraction of sp³-hybridized carbons (Fsp3) is 0.375. The highest BCUT2D eigenvalue weighted by Gasteiger charge is 2.67. The van der Waals surface area contributed by atoms with Crippen LogP contribution in [-0.4, -0.2) is 35.2 Å². The van der Waals surface area contributed by atoms with Gasteiger partial charge in [-0.3, -0.25) is 9.59 Å². The largest absolute Gasteiger partial charge is 0.393 e. The molecule has 3 heterocycles. The molecule has 2 amide bonds. The number of amides is 2. The topological polar surface area (TPSA) is 66.8 Å². The first kappa shape index (κ1) is 13.9. The van der Waals surface area contributed by atoms with Crippen LogP contribution in [0.1, 0.15) is 5.56 Å². The first-order valence-corrected chi connectivity index (χ1v) is 7.48. The van der Waals surface area contributed by atoms with E-state index in [0.717, 1.165) is 5.56 Å². The second-order valence-electron chi connectivity index (χ2n) is 6.00. The molecule has 0 aliphatic carbocycles. The third-order valence-electron chi connectivity index (χ3n) is 4.82. The highest BCUT2D eigenvalue weighted by Crippen LogP contribution is 2.52. The fourth-order valence-corrected chi connectivity index (χ4v) is 3.83. The standard InChI is InChI=1S/C16H14ClNO4/c1-8-2-3-9(6-10(8)17)18-14(20)12-11-4-5-16(7-19,22-11)13(12)15(18)21/h2-6,11-13,19H,7H2,1H3/t11-,12+,13+,16+/m1/s1. The Balaban J connectivity index is 1.77. The van der Waals surface area contributed by atoms with Crippen molar-refractivity contribution in [2.75, 3.05) is 11.5 Å². The second-order valence-corrected chi connectivity index (χ2v) is 6.41. The Kier molecular flexibility index (Phi) is 2.79. The third kappa shape index (κ3) is 1.56. The predicted octanol–water partition coefficient (Wildman–Crippen LogP) is 1.45. The fourth-order valence-electron chi connectivity index (χ4n) is 3.66. The molecule has 114 valence electrons. The number of imide groups is 1. The number of aryl methyl sites for hydroxylation is 1. The van der Waals surface area contributed by atoms with Gasteiger partial charge in [0.15, 0.2) is 0 Å². The van der Waals surface area contributed by atoms with Crippen molar-refractivity contribution >= 4 is 29.1 Å². The van der Waals surface area contributed by atoms with Crippen LogP contribution in [0, 0.1) is 18.8 Å². The van der Waals surface area contributed by atoms with E-state index in [1.165, 1.54) is 4.90 Å². The van der Waals surface area contributed by atoms with Crippen LogP contribution in [0.25, 0.3) is 0 Å². The zero-order chi connectivity index (χ0) is 15.6. The number of aliphatic hydroxyl groups excluding tert-OH is 1. The van der Waals surface area contributed by atoms with Gasteiger partial charge in [-0.25, -0.2) is 4.90 Å². The Labute approximate surface area is 132 Å². The van der Waals surface area contributed by atoms with E-state index in [9.17, 15) is 14.7 Å². The van der Waals surface area contributed by atoms with Crippen LogP contribution < -0.4 is 4.90 Å². The van der Waals surface area contributed by atoms with Crippen LogP contribution in [0.4, 0.5) is 5.69 Å². The van der Waals surface area contributed by atoms with Gasteiger partial charge in [-0.1, -0.05) is 29.8 Å². The molecule has 0 saturated carbocycles. The van der Waals surface area contributed by atoms with Gasteiger partial charge in [0.2, 0.25) is 11.8 Å². The molecule has 6 heteroatoms. The van der Waals surface area contributed by atoms with E-state index in [-0.39, 0.29) is 18.4 Å². The average molecular weight is 320 g/mol. The van der Waals surface area contributed by atoms with Crippen molar-refractivity contribution in [3.8, 4) is 0 Å². The maximum absolute atomic E-state index is 12.8. The summed E-state index contributed by atoms with van der Waals surface area (Å²) in [6, 6.07) is 5.10. The molecular weight excluding hydrogens is 306 g/mol. The summed E-state index contributed by atoms with van der Waals surface area (Å²) in [5.74, 6) is -1.86. The SMILES string of the molecule is Cc1ccc(N2C(=O)[C@@H]3[C@@H](C2=O)[C@@]2(CO)C=C[C@H]3O2)cc1Cl. The number of rotatable bonds is 2. The van der Waals surface area contributed by atoms with Gasteiger partial charge >= 0.3 is 0 Å². The Morgan fingerprint density at radius 1 is 1.36 bits per heavy atom. The molecule has 22 heavy (non-hydrogen) atoms. The van der Waals surface area contributed by atoms with Crippen LogP contribution >= 0.6 is 11.6 Å². The molecule has 2 fully saturated rings. The number of carbonyl (C=O) groups is 2. The molecule has 3 aliphatic rings. The number of nitrogens with zero attached hydrogens (tertiary/aromatic N) is 1. The number of benzene rings is 1. The molecule has 0 spiro atoms. The van der Waals surface area contributed by atoms with Crippen molar-refractivity contribution in [3.05, 3.63) is 40.9 Å². The second kappa shape index (κ2) is 4.41. The minimum Gasteiger partial charge on any atom is -0.393 e. The van der Waals surface area contributed by atoms with Crippen molar-refractivity contribution < 1.29 is 19.4 Å². The summed E-state index contributed by atoms with van der Waals surface area (Å²) in [4.78, 5) is 26.7. The minimum atomic E-state index is -1.06. The number of carbonyl (C=O) groups excluding carboxylic acids is 2. The summed E-state index contributed by atoms with van der Waals surface area (Å²) in [5.41, 5.74) is 0.278. The van der Waals surface area contributed by atoms with E-state index in [0.29, 0.717) is 10.7 Å². The highest BCUT2D eigenvalue weighted by atomic mass is 35.5. The summed E-state index contributed by atoms with van der Waals surface area (Å²) < 4.78 is 5.69. The molecule has 4 rings (SSSR count). The van der Waals surface area contributed by atoms with E-state index >= 15 is 0 Å². The number of anilines is 1. The highest BCUT2D eigenvalue weighted by molar-refractivity contribution is 6.32. The summed E-state index contributed by atoms with van der Waals surface area (Å²) in [7, 11) is 0. The number of aliphatic hydroxyl groups is 1. The van der Waals surface area contributed by atoms with Crippen LogP contribution in [-0.2, 0) is 14.3 Å². The van der Waals surface area contributed by atoms with Crippen molar-refractivity contribution in [1.82, 2.24) is 0 Å².